The predicted molar refractivity (Wildman–Crippen MR) is 152 cm³/mol. The Balaban J connectivity index is 1.41. The van der Waals surface area contributed by atoms with Gasteiger partial charge in [-0.05, 0) is 47.7 Å². The number of carbonyl (C=O) groups is 1. The van der Waals surface area contributed by atoms with Crippen molar-refractivity contribution in [3.63, 3.8) is 0 Å². The van der Waals surface area contributed by atoms with E-state index >= 15 is 0 Å². The summed E-state index contributed by atoms with van der Waals surface area (Å²) in [6.07, 6.45) is 11.4. The number of unbranched alkanes of at least 4 members (excludes halogenated alkanes) is 7. The van der Waals surface area contributed by atoms with Gasteiger partial charge in [-0.3, -0.25) is 0 Å². The second kappa shape index (κ2) is 16.4. The van der Waals surface area contributed by atoms with Crippen molar-refractivity contribution in [1.82, 2.24) is 10.2 Å². The number of benzene rings is 2. The lowest BCUT2D eigenvalue weighted by Crippen LogP contribution is -2.11. The summed E-state index contributed by atoms with van der Waals surface area (Å²) < 4.78 is 16.9. The lowest BCUT2D eigenvalue weighted by atomic mass is 10.0. The molecule has 0 bridgehead atoms. The van der Waals surface area contributed by atoms with Crippen molar-refractivity contribution < 1.29 is 19.0 Å². The molecule has 0 amide bonds. The highest BCUT2D eigenvalue weighted by atomic mass is 16.5. The van der Waals surface area contributed by atoms with Crippen molar-refractivity contribution in [3.05, 3.63) is 66.2 Å². The molecule has 6 nitrogen and oxygen atoms in total. The lowest BCUT2D eigenvalue weighted by Gasteiger charge is -2.10. The standard InChI is InChI=1S/C32H42N2O4/c1-4-6-7-8-9-10-11-12-23-36-29-19-17-27(18-20-29)26-13-15-28(16-14-26)32(35)38-31-22-21-30(33-34-31)37-24-25(3)5-2/h13-22,25H,4-12,23-24H2,1-3H3/t25-/m0/s1. The highest BCUT2D eigenvalue weighted by Crippen LogP contribution is 2.24. The second-order valence-corrected chi connectivity index (χ2v) is 9.85. The highest BCUT2D eigenvalue weighted by molar-refractivity contribution is 5.91. The molecule has 1 atom stereocenters. The molecule has 1 aromatic heterocycles. The Morgan fingerprint density at radius 2 is 1.29 bits per heavy atom. The number of rotatable bonds is 17. The summed E-state index contributed by atoms with van der Waals surface area (Å²) in [5.74, 6) is 1.39. The van der Waals surface area contributed by atoms with Gasteiger partial charge < -0.3 is 14.2 Å². The molecule has 0 saturated carbocycles. The van der Waals surface area contributed by atoms with Crippen LogP contribution in [0, 0.1) is 5.92 Å². The number of hydrogen-bond donors (Lipinski definition) is 0. The van der Waals surface area contributed by atoms with Crippen LogP contribution in [-0.4, -0.2) is 29.4 Å². The van der Waals surface area contributed by atoms with E-state index in [1.165, 1.54) is 44.9 Å². The third-order valence-corrected chi connectivity index (χ3v) is 6.60. The van der Waals surface area contributed by atoms with Crippen LogP contribution in [0.15, 0.2) is 60.7 Å². The van der Waals surface area contributed by atoms with Crippen molar-refractivity contribution >= 4 is 5.97 Å². The van der Waals surface area contributed by atoms with E-state index in [1.807, 2.05) is 36.4 Å². The molecule has 3 rings (SSSR count). The molecule has 0 aliphatic rings. The van der Waals surface area contributed by atoms with Gasteiger partial charge in [0.2, 0.25) is 11.8 Å². The third kappa shape index (κ3) is 10.2. The smallest absolute Gasteiger partial charge is 0.344 e. The van der Waals surface area contributed by atoms with Crippen molar-refractivity contribution in [2.24, 2.45) is 5.92 Å². The van der Waals surface area contributed by atoms with Crippen molar-refractivity contribution in [1.29, 1.82) is 0 Å². The molecule has 0 saturated heterocycles. The zero-order valence-electron chi connectivity index (χ0n) is 23.2. The molecule has 0 N–H and O–H groups in total. The fourth-order valence-electron chi connectivity index (χ4n) is 3.91. The Bertz CT molecular complexity index is 1070. The molecule has 0 radical (unpaired) electrons. The number of carbonyl (C=O) groups excluding carboxylic acids is 1. The second-order valence-electron chi connectivity index (χ2n) is 9.85. The minimum Gasteiger partial charge on any atom is -0.494 e. The van der Waals surface area contributed by atoms with Crippen LogP contribution >= 0.6 is 0 Å². The van der Waals surface area contributed by atoms with E-state index in [-0.39, 0.29) is 5.88 Å². The Kier molecular flexibility index (Phi) is 12.6. The average molecular weight is 519 g/mol. The largest absolute Gasteiger partial charge is 0.494 e. The van der Waals surface area contributed by atoms with Crippen LogP contribution in [0.5, 0.6) is 17.5 Å². The van der Waals surface area contributed by atoms with Crippen LogP contribution in [0.25, 0.3) is 11.1 Å². The van der Waals surface area contributed by atoms with E-state index in [0.717, 1.165) is 36.3 Å². The van der Waals surface area contributed by atoms with Crippen LogP contribution in [0.2, 0.25) is 0 Å². The normalized spacial score (nSPS) is 11.7. The molecule has 38 heavy (non-hydrogen) atoms. The number of aromatic nitrogens is 2. The Labute approximate surface area is 227 Å². The van der Waals surface area contributed by atoms with Gasteiger partial charge >= 0.3 is 5.97 Å². The van der Waals surface area contributed by atoms with E-state index in [4.69, 9.17) is 14.2 Å². The first-order valence-electron chi connectivity index (χ1n) is 14.1. The molecule has 0 spiro atoms. The highest BCUT2D eigenvalue weighted by Gasteiger charge is 2.11. The van der Waals surface area contributed by atoms with E-state index in [0.29, 0.717) is 24.0 Å². The number of nitrogens with zero attached hydrogens (tertiary/aromatic N) is 2. The SMILES string of the molecule is CCCCCCCCCCOc1ccc(-c2ccc(C(=O)Oc3ccc(OC[C@@H](C)CC)nn3)cc2)cc1. The minimum atomic E-state index is -0.483. The molecular weight excluding hydrogens is 476 g/mol. The average Bonchev–Trinajstić information content (AvgIpc) is 2.96. The molecule has 204 valence electrons. The van der Waals surface area contributed by atoms with Gasteiger partial charge in [0.1, 0.15) is 5.75 Å². The third-order valence-electron chi connectivity index (χ3n) is 6.60. The Morgan fingerprint density at radius 1 is 0.711 bits per heavy atom. The van der Waals surface area contributed by atoms with Crippen LogP contribution < -0.4 is 14.2 Å². The van der Waals surface area contributed by atoms with Gasteiger partial charge in [0.25, 0.3) is 0 Å². The summed E-state index contributed by atoms with van der Waals surface area (Å²) in [6, 6.07) is 18.6. The molecule has 0 aliphatic carbocycles. The molecule has 3 aromatic rings. The van der Waals surface area contributed by atoms with E-state index < -0.39 is 5.97 Å². The predicted octanol–water partition coefficient (Wildman–Crippen LogP) is 8.31. The van der Waals surface area contributed by atoms with Crippen molar-refractivity contribution in [2.45, 2.75) is 78.6 Å². The Morgan fingerprint density at radius 3 is 1.89 bits per heavy atom. The molecule has 0 aliphatic heterocycles. The van der Waals surface area contributed by atoms with E-state index in [2.05, 4.69) is 31.0 Å². The fourth-order valence-corrected chi connectivity index (χ4v) is 3.91. The summed E-state index contributed by atoms with van der Waals surface area (Å²) in [7, 11) is 0. The maximum Gasteiger partial charge on any atom is 0.344 e. The van der Waals surface area contributed by atoms with Gasteiger partial charge in [0, 0.05) is 12.1 Å². The summed E-state index contributed by atoms with van der Waals surface area (Å²) >= 11 is 0. The van der Waals surface area contributed by atoms with Crippen LogP contribution in [-0.2, 0) is 0 Å². The number of ether oxygens (including phenoxy) is 3. The van der Waals surface area contributed by atoms with Crippen LogP contribution in [0.3, 0.4) is 0 Å². The molecule has 6 heteroatoms. The first-order chi connectivity index (χ1) is 18.6. The summed E-state index contributed by atoms with van der Waals surface area (Å²) in [5.41, 5.74) is 2.51. The van der Waals surface area contributed by atoms with Crippen LogP contribution in [0.1, 0.15) is 88.9 Å². The zero-order chi connectivity index (χ0) is 27.0. The zero-order valence-corrected chi connectivity index (χ0v) is 23.2. The van der Waals surface area contributed by atoms with Gasteiger partial charge in [0.15, 0.2) is 0 Å². The molecule has 1 heterocycles. The Hall–Kier alpha value is -3.41. The van der Waals surface area contributed by atoms with Gasteiger partial charge in [0.05, 0.1) is 18.8 Å². The maximum atomic E-state index is 12.5. The monoisotopic (exact) mass is 518 g/mol. The fraction of sp³-hybridized carbons (Fsp3) is 0.469. The maximum absolute atomic E-state index is 12.5. The number of hydrogen-bond acceptors (Lipinski definition) is 6. The van der Waals surface area contributed by atoms with Crippen molar-refractivity contribution in [2.75, 3.05) is 13.2 Å². The molecule has 0 unspecified atom stereocenters. The summed E-state index contributed by atoms with van der Waals surface area (Å²) in [5, 5.41) is 7.92. The first-order valence-corrected chi connectivity index (χ1v) is 14.1. The first kappa shape index (κ1) is 29.2. The van der Waals surface area contributed by atoms with Crippen molar-refractivity contribution in [3.8, 4) is 28.6 Å². The van der Waals surface area contributed by atoms with E-state index in [9.17, 15) is 4.79 Å². The summed E-state index contributed by atoms with van der Waals surface area (Å²) in [4.78, 5) is 12.5. The van der Waals surface area contributed by atoms with Gasteiger partial charge in [-0.2, -0.15) is 0 Å². The molecule has 0 fully saturated rings. The lowest BCUT2D eigenvalue weighted by molar-refractivity contribution is 0.0725. The van der Waals surface area contributed by atoms with E-state index in [1.54, 1.807) is 24.3 Å². The molecule has 2 aromatic carbocycles. The van der Waals surface area contributed by atoms with Gasteiger partial charge in [-0.25, -0.2) is 4.79 Å². The summed E-state index contributed by atoms with van der Waals surface area (Å²) in [6.45, 7) is 7.80. The quantitative estimate of drug-likeness (QED) is 0.132. The number of esters is 1. The van der Waals surface area contributed by atoms with Gasteiger partial charge in [-0.15, -0.1) is 10.2 Å². The van der Waals surface area contributed by atoms with Crippen LogP contribution in [0.4, 0.5) is 0 Å². The molecular formula is C32H42N2O4. The topological polar surface area (TPSA) is 70.5 Å². The van der Waals surface area contributed by atoms with Gasteiger partial charge in [-0.1, -0.05) is 96.4 Å². The minimum absolute atomic E-state index is 0.137.